The molecule has 0 saturated carbocycles. The number of carbonyl (C=O) groups is 2. The summed E-state index contributed by atoms with van der Waals surface area (Å²) in [6.07, 6.45) is 1.73. The number of aryl methyl sites for hydroxylation is 1. The second-order valence-electron chi connectivity index (χ2n) is 8.48. The highest BCUT2D eigenvalue weighted by Crippen LogP contribution is 2.40. The molecule has 4 heterocycles. The number of likely N-dealkylation sites (tertiary alicyclic amines) is 1. The maximum atomic E-state index is 14.2. The van der Waals surface area contributed by atoms with Crippen molar-refractivity contribution < 1.29 is 23.8 Å². The Labute approximate surface area is 195 Å². The highest BCUT2D eigenvalue weighted by Gasteiger charge is 2.46. The molecule has 176 valence electrons. The predicted molar refractivity (Wildman–Crippen MR) is 123 cm³/mol. The number of halogens is 1. The van der Waals surface area contributed by atoms with Gasteiger partial charge in [0.2, 0.25) is 0 Å². The first-order chi connectivity index (χ1) is 16.5. The summed E-state index contributed by atoms with van der Waals surface area (Å²) in [6.45, 7) is 5.21. The first-order valence-corrected chi connectivity index (χ1v) is 11.2. The summed E-state index contributed by atoms with van der Waals surface area (Å²) >= 11 is 0. The van der Waals surface area contributed by atoms with Crippen LogP contribution in [0.25, 0.3) is 11.4 Å². The summed E-state index contributed by atoms with van der Waals surface area (Å²) in [6, 6.07) is 10.3. The fourth-order valence-corrected chi connectivity index (χ4v) is 4.73. The van der Waals surface area contributed by atoms with Crippen LogP contribution in [0.15, 0.2) is 54.2 Å². The molecular weight excluding hydrogens is 439 g/mol. The number of aliphatic hydroxyl groups excluding tert-OH is 1. The number of nitrogens with zero attached hydrogens (tertiary/aromatic N) is 4. The largest absolute Gasteiger partial charge is 0.505 e. The Morgan fingerprint density at radius 1 is 1.15 bits per heavy atom. The van der Waals surface area contributed by atoms with Gasteiger partial charge in [-0.3, -0.25) is 18.9 Å². The molecule has 1 amide bonds. The number of imidazole rings is 1. The number of morpholine rings is 1. The number of benzene rings is 1. The van der Waals surface area contributed by atoms with E-state index in [-0.39, 0.29) is 17.9 Å². The maximum Gasteiger partial charge on any atom is 0.295 e. The van der Waals surface area contributed by atoms with E-state index in [2.05, 4.69) is 9.88 Å². The fraction of sp³-hybridized carbons (Fsp3) is 0.320. The van der Waals surface area contributed by atoms with Gasteiger partial charge in [0.05, 0.1) is 30.5 Å². The van der Waals surface area contributed by atoms with Crippen molar-refractivity contribution in [2.45, 2.75) is 13.0 Å². The van der Waals surface area contributed by atoms with Gasteiger partial charge in [0, 0.05) is 32.4 Å². The van der Waals surface area contributed by atoms with Gasteiger partial charge in [0.25, 0.3) is 11.7 Å². The van der Waals surface area contributed by atoms with E-state index in [0.717, 1.165) is 13.1 Å². The standard InChI is InChI=1S/C25H25FN4O4/c1-16-21(29-8-3-2-7-19(29)27-16)23(31)20-22(17-5-4-6-18(26)15-17)30(25(33)24(20)32)10-9-28-11-13-34-14-12-28/h2-8,15,22,31H,9-14H2,1H3/b23-20+/t22-/m1/s1. The van der Waals surface area contributed by atoms with Crippen molar-refractivity contribution in [2.75, 3.05) is 39.4 Å². The SMILES string of the molecule is Cc1nc2ccccn2c1/C(O)=C1\C(=O)C(=O)N(CCN2CCOCC2)[C@@H]1c1cccc(F)c1. The molecule has 5 rings (SSSR count). The van der Waals surface area contributed by atoms with Crippen molar-refractivity contribution in [1.82, 2.24) is 19.2 Å². The molecule has 0 radical (unpaired) electrons. The molecule has 2 fully saturated rings. The first-order valence-electron chi connectivity index (χ1n) is 11.2. The maximum absolute atomic E-state index is 14.2. The van der Waals surface area contributed by atoms with Crippen molar-refractivity contribution in [2.24, 2.45) is 0 Å². The number of rotatable bonds is 5. The zero-order valence-corrected chi connectivity index (χ0v) is 18.8. The molecular formula is C25H25FN4O4. The van der Waals surface area contributed by atoms with E-state index in [4.69, 9.17) is 4.74 Å². The number of hydrogen-bond donors (Lipinski definition) is 1. The van der Waals surface area contributed by atoms with Gasteiger partial charge in [0.1, 0.15) is 17.2 Å². The first kappa shape index (κ1) is 22.2. The number of aromatic nitrogens is 2. The number of amides is 1. The Morgan fingerprint density at radius 2 is 1.94 bits per heavy atom. The number of pyridine rings is 1. The van der Waals surface area contributed by atoms with Crippen LogP contribution in [0.3, 0.4) is 0 Å². The molecule has 34 heavy (non-hydrogen) atoms. The number of ether oxygens (including phenoxy) is 1. The van der Waals surface area contributed by atoms with Gasteiger partial charge in [-0.15, -0.1) is 0 Å². The van der Waals surface area contributed by atoms with Gasteiger partial charge >= 0.3 is 0 Å². The van der Waals surface area contributed by atoms with Crippen LogP contribution < -0.4 is 0 Å². The zero-order valence-electron chi connectivity index (χ0n) is 18.8. The van der Waals surface area contributed by atoms with Crippen LogP contribution in [0, 0.1) is 12.7 Å². The van der Waals surface area contributed by atoms with E-state index in [1.165, 1.54) is 23.1 Å². The molecule has 0 aliphatic carbocycles. The summed E-state index contributed by atoms with van der Waals surface area (Å²) in [4.78, 5) is 34.4. The molecule has 2 aliphatic heterocycles. The van der Waals surface area contributed by atoms with Gasteiger partial charge in [-0.25, -0.2) is 9.37 Å². The van der Waals surface area contributed by atoms with Gasteiger partial charge in [-0.05, 0) is 36.8 Å². The van der Waals surface area contributed by atoms with Crippen molar-refractivity contribution in [1.29, 1.82) is 0 Å². The zero-order chi connectivity index (χ0) is 23.8. The molecule has 0 bridgehead atoms. The molecule has 2 aliphatic rings. The molecule has 1 atom stereocenters. The van der Waals surface area contributed by atoms with Gasteiger partial charge in [0.15, 0.2) is 5.76 Å². The second-order valence-corrected chi connectivity index (χ2v) is 8.48. The predicted octanol–water partition coefficient (Wildman–Crippen LogP) is 2.54. The third kappa shape index (κ3) is 3.86. The van der Waals surface area contributed by atoms with E-state index in [9.17, 15) is 19.1 Å². The molecule has 1 aromatic carbocycles. The summed E-state index contributed by atoms with van der Waals surface area (Å²) in [5.74, 6) is -2.31. The minimum atomic E-state index is -0.912. The van der Waals surface area contributed by atoms with Gasteiger partial charge in [-0.1, -0.05) is 18.2 Å². The lowest BCUT2D eigenvalue weighted by molar-refractivity contribution is -0.140. The average molecular weight is 464 g/mol. The summed E-state index contributed by atoms with van der Waals surface area (Å²) < 4.78 is 21.2. The summed E-state index contributed by atoms with van der Waals surface area (Å²) in [5.41, 5.74) is 1.82. The average Bonchev–Trinajstić information content (AvgIpc) is 3.31. The second kappa shape index (κ2) is 9.00. The van der Waals surface area contributed by atoms with Crippen LogP contribution in [0.5, 0.6) is 0 Å². The van der Waals surface area contributed by atoms with Crippen LogP contribution in [-0.4, -0.2) is 75.4 Å². The lowest BCUT2D eigenvalue weighted by atomic mass is 9.96. The third-order valence-electron chi connectivity index (χ3n) is 6.39. The van der Waals surface area contributed by atoms with Crippen LogP contribution in [0.2, 0.25) is 0 Å². The molecule has 8 nitrogen and oxygen atoms in total. The Kier molecular flexibility index (Phi) is 5.89. The highest BCUT2D eigenvalue weighted by atomic mass is 19.1. The van der Waals surface area contributed by atoms with Gasteiger partial charge in [-0.2, -0.15) is 0 Å². The van der Waals surface area contributed by atoms with E-state index >= 15 is 0 Å². The van der Waals surface area contributed by atoms with E-state index in [1.54, 1.807) is 35.7 Å². The van der Waals surface area contributed by atoms with Crippen LogP contribution >= 0.6 is 0 Å². The minimum Gasteiger partial charge on any atom is -0.505 e. The van der Waals surface area contributed by atoms with Crippen molar-refractivity contribution in [3.05, 3.63) is 77.0 Å². The Bertz CT molecular complexity index is 1300. The van der Waals surface area contributed by atoms with Crippen molar-refractivity contribution in [3.8, 4) is 0 Å². The monoisotopic (exact) mass is 464 g/mol. The number of ketones is 1. The van der Waals surface area contributed by atoms with E-state index in [1.807, 2.05) is 6.07 Å². The lowest BCUT2D eigenvalue weighted by Crippen LogP contribution is -2.42. The Hall–Kier alpha value is -3.56. The fourth-order valence-electron chi connectivity index (χ4n) is 4.73. The number of aliphatic hydroxyl groups is 1. The molecule has 3 aromatic rings. The normalized spacial score (nSPS) is 21.0. The molecule has 2 aromatic heterocycles. The van der Waals surface area contributed by atoms with E-state index in [0.29, 0.717) is 42.4 Å². The van der Waals surface area contributed by atoms with Crippen LogP contribution in [0.1, 0.15) is 23.0 Å². The van der Waals surface area contributed by atoms with E-state index < -0.39 is 23.5 Å². The highest BCUT2D eigenvalue weighted by molar-refractivity contribution is 6.46. The van der Waals surface area contributed by atoms with Crippen molar-refractivity contribution in [3.63, 3.8) is 0 Å². The Balaban J connectivity index is 1.61. The number of carbonyl (C=O) groups excluding carboxylic acids is 2. The lowest BCUT2D eigenvalue weighted by Gasteiger charge is -2.31. The van der Waals surface area contributed by atoms with Crippen LogP contribution in [0.4, 0.5) is 4.39 Å². The van der Waals surface area contributed by atoms with Crippen LogP contribution in [-0.2, 0) is 14.3 Å². The molecule has 0 unspecified atom stereocenters. The number of fused-ring (bicyclic) bond motifs is 1. The molecule has 9 heteroatoms. The summed E-state index contributed by atoms with van der Waals surface area (Å²) in [7, 11) is 0. The summed E-state index contributed by atoms with van der Waals surface area (Å²) in [5, 5.41) is 11.4. The topological polar surface area (TPSA) is 87.4 Å². The molecule has 1 N–H and O–H groups in total. The van der Waals surface area contributed by atoms with Gasteiger partial charge < -0.3 is 14.7 Å². The quantitative estimate of drug-likeness (QED) is 0.355. The minimum absolute atomic E-state index is 0.0636. The van der Waals surface area contributed by atoms with Crippen molar-refractivity contribution >= 4 is 23.1 Å². The Morgan fingerprint density at radius 3 is 2.71 bits per heavy atom. The number of hydrogen-bond acceptors (Lipinski definition) is 6. The number of Topliss-reactive ketones (excluding diaryl/α,β-unsaturated/α-hetero) is 1. The third-order valence-corrected chi connectivity index (χ3v) is 6.39. The molecule has 2 saturated heterocycles. The molecule has 0 spiro atoms. The smallest absolute Gasteiger partial charge is 0.295 e.